The van der Waals surface area contributed by atoms with Crippen molar-refractivity contribution < 1.29 is 52.7 Å². The number of hydrogen-bond acceptors (Lipinski definition) is 12. The molecule has 0 atom stereocenters. The first-order chi connectivity index (χ1) is 71.2. The van der Waals surface area contributed by atoms with Crippen molar-refractivity contribution in [2.24, 2.45) is 14.1 Å². The summed E-state index contributed by atoms with van der Waals surface area (Å²) >= 11 is 5.90. The lowest BCUT2D eigenvalue weighted by atomic mass is 9.96. The third-order valence-corrected chi connectivity index (χ3v) is 28.0. The predicted octanol–water partition coefficient (Wildman–Crippen LogP) is 38.8. The number of benzene rings is 10. The van der Waals surface area contributed by atoms with Crippen LogP contribution in [0.15, 0.2) is 282 Å². The van der Waals surface area contributed by atoms with Crippen LogP contribution in [0.5, 0.6) is 0 Å². The average Bonchev–Trinajstić information content (AvgIpc) is 1.50. The first-order valence-corrected chi connectivity index (χ1v) is 53.4. The van der Waals surface area contributed by atoms with E-state index in [4.69, 9.17) is 4.42 Å². The quantitative estimate of drug-likeness (QED) is 0.0781. The highest BCUT2D eigenvalue weighted by Gasteiger charge is 2.23. The van der Waals surface area contributed by atoms with E-state index in [9.17, 15) is 48.3 Å². The Kier molecular flexibility index (Phi) is 42.1. The standard InChI is InChI=1S/C17H16F2N2.C16H17F.C15H18FN.C15H16FN.C13H13F2NS.C13H12F2S.C12H11F2NS.C12H14N2O.C12H13NS/c1-10(2)17-14(18)7-11(8-15(17)19)12-5-4-6-16-13(12)9-21(3)20-16;1-11(2)15-8-7-14(10-16(15)17)13-6-4-5-12(3)9-13;1-10(2)13-6-5-12(9-14(13)16)15-11(3)7-8-17(15)4;1-10(2)14-5-4-12(9-15(14)16)13-6-7-17-11(3)8-13;1-7(2)13-10(14)4-9(5-11(13)15)12-6-16-8(3)17-12;1-8(2)13-10(14)6-9(7-11(13)15)12-4-3-5-16-12;1-7(2)12-9(13)3-8(4-10(12)14)11-5-15-6-16-11;1-8(2)10-4-5-11(13-6-10)12-7-15-9(3)14-12;1-9(2)10-3-5-11(6-4-10)12-7-14-8-13-12/h4-10H,1-3H3;4-11H,1-3H3;5-10H,1-4H3;4-10H,1-3H3;4-7H,1-3H3;3-8H,1-2H3;3-7H,1-2H3;4-8H,1-3H3;3-9H,1-2H3. The zero-order chi connectivity index (χ0) is 109. The first-order valence-electron chi connectivity index (χ1n) is 49.9. The molecule has 19 aromatic rings. The average molecular weight is 2110 g/mol. The summed E-state index contributed by atoms with van der Waals surface area (Å²) in [5.41, 5.74) is 26.0. The van der Waals surface area contributed by atoms with Gasteiger partial charge in [0.2, 0.25) is 0 Å². The third-order valence-electron chi connectivity index (χ3n) is 24.7. The summed E-state index contributed by atoms with van der Waals surface area (Å²) in [6.45, 7) is 44.7. The molecule has 782 valence electrons. The molecule has 10 nitrogen and oxygen atoms in total. The van der Waals surface area contributed by atoms with Crippen LogP contribution in [-0.4, -0.2) is 44.3 Å². The molecular formula is C125H130F11N9OS4. The van der Waals surface area contributed by atoms with E-state index in [2.05, 4.69) is 104 Å². The maximum atomic E-state index is 14.2. The Morgan fingerprint density at radius 3 is 1.21 bits per heavy atom. The Bertz CT molecular complexity index is 7300. The molecule has 150 heavy (non-hydrogen) atoms. The number of halogens is 11. The molecular weight excluding hydrogens is 1980 g/mol. The van der Waals surface area contributed by atoms with Crippen LogP contribution >= 0.6 is 45.3 Å². The van der Waals surface area contributed by atoms with E-state index < -0.39 is 46.5 Å². The van der Waals surface area contributed by atoms with Gasteiger partial charge in [-0.2, -0.15) is 5.10 Å². The maximum absolute atomic E-state index is 14.2. The van der Waals surface area contributed by atoms with E-state index in [1.54, 1.807) is 120 Å². The van der Waals surface area contributed by atoms with E-state index in [0.717, 1.165) is 109 Å². The molecule has 0 amide bonds. The van der Waals surface area contributed by atoms with Gasteiger partial charge in [-0.3, -0.25) is 19.6 Å². The molecule has 0 fully saturated rings. The Morgan fingerprint density at radius 1 is 0.340 bits per heavy atom. The highest BCUT2D eigenvalue weighted by molar-refractivity contribution is 7.15. The van der Waals surface area contributed by atoms with Crippen LogP contribution in [0.1, 0.15) is 256 Å². The van der Waals surface area contributed by atoms with Crippen molar-refractivity contribution in [3.05, 3.63) is 419 Å². The van der Waals surface area contributed by atoms with Crippen molar-refractivity contribution in [1.82, 2.24) is 44.3 Å². The monoisotopic (exact) mass is 2110 g/mol. The topological polar surface area (TPSA) is 113 Å². The van der Waals surface area contributed by atoms with Crippen molar-refractivity contribution >= 4 is 56.3 Å². The summed E-state index contributed by atoms with van der Waals surface area (Å²) in [4.78, 5) is 27.4. The molecule has 0 N–H and O–H groups in total. The van der Waals surface area contributed by atoms with Crippen LogP contribution in [0.25, 0.3) is 110 Å². The van der Waals surface area contributed by atoms with Gasteiger partial charge in [0.15, 0.2) is 5.89 Å². The maximum Gasteiger partial charge on any atom is 0.191 e. The Balaban J connectivity index is 0.000000160. The molecule has 0 saturated carbocycles. The summed E-state index contributed by atoms with van der Waals surface area (Å²) < 4.78 is 161. The van der Waals surface area contributed by atoms with Crippen molar-refractivity contribution in [2.75, 3.05) is 0 Å². The number of thiazole rings is 3. The Morgan fingerprint density at radius 2 is 0.807 bits per heavy atom. The van der Waals surface area contributed by atoms with Gasteiger partial charge in [0.1, 0.15) is 75.9 Å². The zero-order valence-electron chi connectivity index (χ0n) is 89.5. The largest absolute Gasteiger partial charge is 0.449 e. The second-order valence-electron chi connectivity index (χ2n) is 39.4. The van der Waals surface area contributed by atoms with Gasteiger partial charge in [-0.1, -0.05) is 239 Å². The smallest absolute Gasteiger partial charge is 0.191 e. The minimum Gasteiger partial charge on any atom is -0.449 e. The van der Waals surface area contributed by atoms with Crippen LogP contribution < -0.4 is 0 Å². The van der Waals surface area contributed by atoms with Crippen molar-refractivity contribution in [3.63, 3.8) is 0 Å². The fraction of sp³-hybridized carbons (Fsp3) is 0.272. The number of hydrogen-bond donors (Lipinski definition) is 0. The summed E-state index contributed by atoms with van der Waals surface area (Å²) in [6, 6.07) is 63.6. The van der Waals surface area contributed by atoms with Crippen molar-refractivity contribution in [1.29, 1.82) is 0 Å². The molecule has 0 aliphatic carbocycles. The highest BCUT2D eigenvalue weighted by Crippen LogP contribution is 2.40. The fourth-order valence-corrected chi connectivity index (χ4v) is 19.4. The molecule has 9 aromatic heterocycles. The normalized spacial score (nSPS) is 11.1. The summed E-state index contributed by atoms with van der Waals surface area (Å²) in [7, 11) is 3.81. The molecule has 19 rings (SSSR count). The second kappa shape index (κ2) is 54.1. The number of pyridine rings is 2. The molecule has 0 bridgehead atoms. The number of fused-ring (bicyclic) bond motifs is 1. The molecule has 0 spiro atoms. The number of oxazole rings is 1. The van der Waals surface area contributed by atoms with Gasteiger partial charge in [-0.15, -0.1) is 45.3 Å². The van der Waals surface area contributed by atoms with Gasteiger partial charge in [-0.05, 0) is 273 Å². The fourth-order valence-electron chi connectivity index (χ4n) is 16.7. The Labute approximate surface area is 891 Å². The number of thiophene rings is 1. The molecule has 0 saturated heterocycles. The molecule has 0 aliphatic rings. The SMILES string of the molecule is CC(C)c1c(F)cc(-c2cccc3nn(C)cc23)cc1F.CC(C)c1c(F)cc(-c2cccs2)cc1F.CC(C)c1c(F)cc(-c2cncs2)cc1F.CC(C)c1ccc(-c2cscn2)cc1.Cc1cc(-c2ccc(C(C)C)c(F)c2)ccn1.Cc1cccc(-c2ccc(C(C)C)c(F)c2)c1.Cc1ccn(C)c1-c1ccc(C(C)C)c(F)c1.Cc1nc(-c2ccc(C(C)C)cn2)co1.Cc1ncc(-c2cc(F)c(C(C)C)c(F)c2)s1. The lowest BCUT2D eigenvalue weighted by Gasteiger charge is -2.11. The van der Waals surface area contributed by atoms with Gasteiger partial charge in [0, 0.05) is 113 Å². The number of nitrogens with zero attached hydrogens (tertiary/aromatic N) is 9. The van der Waals surface area contributed by atoms with Crippen LogP contribution in [0.3, 0.4) is 0 Å². The van der Waals surface area contributed by atoms with E-state index in [-0.39, 0.29) is 81.1 Å². The Hall–Kier alpha value is -13.7. The first kappa shape index (κ1) is 117. The molecule has 25 heteroatoms. The third kappa shape index (κ3) is 31.5. The van der Waals surface area contributed by atoms with Gasteiger partial charge < -0.3 is 8.98 Å². The minimum absolute atomic E-state index is 0.112. The summed E-state index contributed by atoms with van der Waals surface area (Å²) in [6.07, 6.45) is 12.4. The van der Waals surface area contributed by atoms with Gasteiger partial charge in [0.05, 0.1) is 48.4 Å². The van der Waals surface area contributed by atoms with Gasteiger partial charge >= 0.3 is 0 Å². The highest BCUT2D eigenvalue weighted by atomic mass is 32.1. The van der Waals surface area contributed by atoms with E-state index in [0.29, 0.717) is 40.0 Å². The van der Waals surface area contributed by atoms with Crippen LogP contribution in [0, 0.1) is 98.6 Å². The number of aryl methyl sites for hydroxylation is 7. The van der Waals surface area contributed by atoms with Crippen LogP contribution in [0.2, 0.25) is 0 Å². The van der Waals surface area contributed by atoms with Crippen molar-refractivity contribution in [2.45, 2.75) is 213 Å². The van der Waals surface area contributed by atoms with E-state index >= 15 is 0 Å². The van der Waals surface area contributed by atoms with E-state index in [1.807, 2.05) is 233 Å². The predicted molar refractivity (Wildman–Crippen MR) is 601 cm³/mol. The minimum atomic E-state index is -0.499. The lowest BCUT2D eigenvalue weighted by molar-refractivity contribution is 0.521. The lowest BCUT2D eigenvalue weighted by Crippen LogP contribution is -1.99. The van der Waals surface area contributed by atoms with Crippen LogP contribution in [-0.2, 0) is 14.1 Å². The summed E-state index contributed by atoms with van der Waals surface area (Å²) in [5, 5.41) is 10.1. The van der Waals surface area contributed by atoms with Gasteiger partial charge in [-0.25, -0.2) is 63.2 Å². The van der Waals surface area contributed by atoms with Gasteiger partial charge in [0.25, 0.3) is 0 Å². The van der Waals surface area contributed by atoms with Crippen LogP contribution in [0.4, 0.5) is 48.3 Å². The zero-order valence-corrected chi connectivity index (χ0v) is 92.7. The number of aromatic nitrogens is 9. The molecule has 9 heterocycles. The van der Waals surface area contributed by atoms with E-state index in [1.165, 1.54) is 110 Å². The number of rotatable bonds is 18. The molecule has 0 radical (unpaired) electrons. The van der Waals surface area contributed by atoms with Crippen molar-refractivity contribution in [3.8, 4) is 98.6 Å². The molecule has 0 unspecified atom stereocenters. The second-order valence-corrected chi connectivity index (χ2v) is 43.2. The molecule has 10 aromatic carbocycles. The summed E-state index contributed by atoms with van der Waals surface area (Å²) in [5.74, 6) is -2.44. The molecule has 0 aliphatic heterocycles.